The number of para-hydroxylation sites is 1. The molecule has 15 heteroatoms. The van der Waals surface area contributed by atoms with Gasteiger partial charge in [-0.25, -0.2) is 4.79 Å². The van der Waals surface area contributed by atoms with Gasteiger partial charge in [0.15, 0.2) is 0 Å². The molecule has 0 unspecified atom stereocenters. The molecule has 2 aliphatic carbocycles. The maximum Gasteiger partial charge on any atom is 0.471 e. The fraction of sp³-hybridized carbons (Fsp3) is 0.333. The Bertz CT molecular complexity index is 1650. The lowest BCUT2D eigenvalue weighted by atomic mass is 10.2. The number of nitrogens with zero attached hydrogens (tertiary/aromatic N) is 5. The maximum atomic E-state index is 12.0. The molecule has 2 heterocycles. The van der Waals surface area contributed by atoms with Crippen LogP contribution in [-0.2, 0) is 28.0 Å². The zero-order valence-corrected chi connectivity index (χ0v) is 22.4. The lowest BCUT2D eigenvalue weighted by Gasteiger charge is -2.13. The Morgan fingerprint density at radius 1 is 1.05 bits per heavy atom. The third-order valence-electron chi connectivity index (χ3n) is 7.11. The number of nitrogens with two attached hydrogens (primary N) is 1. The number of carbonyl (C=O) groups excluding carboxylic acids is 2. The van der Waals surface area contributed by atoms with Gasteiger partial charge in [-0.3, -0.25) is 9.59 Å². The monoisotopic (exact) mass is 584 g/mol. The zero-order chi connectivity index (χ0) is 30.3. The Kier molecular flexibility index (Phi) is 7.22. The highest BCUT2D eigenvalue weighted by molar-refractivity contribution is 5.92. The fourth-order valence-corrected chi connectivity index (χ4v) is 4.27. The summed E-state index contributed by atoms with van der Waals surface area (Å²) >= 11 is 0. The summed E-state index contributed by atoms with van der Waals surface area (Å²) in [5.74, 6) is -3.13. The second-order valence-corrected chi connectivity index (χ2v) is 10.4. The van der Waals surface area contributed by atoms with Gasteiger partial charge >= 0.3 is 18.1 Å². The van der Waals surface area contributed by atoms with Crippen LogP contribution in [0.25, 0.3) is 28.1 Å². The largest absolute Gasteiger partial charge is 0.480 e. The normalized spacial score (nSPS) is 16.2. The Labute approximate surface area is 236 Å². The van der Waals surface area contributed by atoms with Crippen molar-refractivity contribution in [1.82, 2.24) is 35.4 Å². The number of hydrogen-bond acceptors (Lipinski definition) is 7. The van der Waals surface area contributed by atoms with E-state index in [-0.39, 0.29) is 18.7 Å². The number of alkyl halides is 3. The molecule has 42 heavy (non-hydrogen) atoms. The average molecular weight is 585 g/mol. The molecule has 0 atom stereocenters. The second kappa shape index (κ2) is 10.6. The molecule has 2 aliphatic rings. The standard InChI is InChI=1S/C21H21N7O.C6H6F3NO3/c1-27-25-19(24-26-27)18-12-15-4-2-3-5-17(15)28(18)16-8-6-14(7-9-16)13-23-20(29)21(22)10-11-21;7-6(8,9)3(11)10-5(1-2-5)4(12)13/h2-9,12H,10-11,13,22H2,1H3,(H,23,29);1-2H2,(H,10,11)(H,12,13). The van der Waals surface area contributed by atoms with E-state index < -0.39 is 29.1 Å². The van der Waals surface area contributed by atoms with Gasteiger partial charge in [-0.1, -0.05) is 30.3 Å². The van der Waals surface area contributed by atoms with Gasteiger partial charge in [0.1, 0.15) is 5.54 Å². The van der Waals surface area contributed by atoms with Crippen molar-refractivity contribution in [3.8, 4) is 17.2 Å². The molecule has 2 fully saturated rings. The van der Waals surface area contributed by atoms with Gasteiger partial charge in [0, 0.05) is 17.6 Å². The minimum Gasteiger partial charge on any atom is -0.480 e. The number of aromatic nitrogens is 5. The first kappa shape index (κ1) is 28.7. The van der Waals surface area contributed by atoms with Crippen LogP contribution in [0.4, 0.5) is 13.2 Å². The van der Waals surface area contributed by atoms with E-state index in [4.69, 9.17) is 10.8 Å². The number of carboxylic acids is 1. The number of carbonyl (C=O) groups is 3. The van der Waals surface area contributed by atoms with Gasteiger partial charge in [0.05, 0.1) is 23.8 Å². The average Bonchev–Trinajstić information content (AvgIpc) is 3.82. The quantitative estimate of drug-likeness (QED) is 0.256. The van der Waals surface area contributed by atoms with Crippen molar-refractivity contribution in [2.75, 3.05) is 0 Å². The Hall–Kier alpha value is -4.79. The van der Waals surface area contributed by atoms with Crippen LogP contribution in [0.3, 0.4) is 0 Å². The first-order valence-electron chi connectivity index (χ1n) is 13.0. The number of benzene rings is 2. The Morgan fingerprint density at radius 2 is 1.71 bits per heavy atom. The predicted octanol–water partition coefficient (Wildman–Crippen LogP) is 2.21. The summed E-state index contributed by atoms with van der Waals surface area (Å²) in [6.07, 6.45) is -3.41. The van der Waals surface area contributed by atoms with Gasteiger partial charge in [0.2, 0.25) is 11.7 Å². The lowest BCUT2D eigenvalue weighted by molar-refractivity contribution is -0.176. The molecule has 0 aliphatic heterocycles. The Morgan fingerprint density at radius 3 is 2.26 bits per heavy atom. The molecule has 2 saturated carbocycles. The summed E-state index contributed by atoms with van der Waals surface area (Å²) in [5, 5.41) is 26.4. The smallest absolute Gasteiger partial charge is 0.471 e. The number of nitrogens with one attached hydrogen (secondary N) is 2. The second-order valence-electron chi connectivity index (χ2n) is 10.4. The van der Waals surface area contributed by atoms with Crippen LogP contribution in [0, 0.1) is 0 Å². The summed E-state index contributed by atoms with van der Waals surface area (Å²) in [6, 6.07) is 18.3. The summed E-state index contributed by atoms with van der Waals surface area (Å²) in [6.45, 7) is 0.461. The summed E-state index contributed by atoms with van der Waals surface area (Å²) in [4.78, 5) is 34.2. The fourth-order valence-electron chi connectivity index (χ4n) is 4.27. The number of carboxylic acid groups (broad SMARTS) is 1. The van der Waals surface area contributed by atoms with E-state index in [9.17, 15) is 27.6 Å². The van der Waals surface area contributed by atoms with Crippen molar-refractivity contribution in [3.05, 3.63) is 60.2 Å². The topological polar surface area (TPSA) is 170 Å². The van der Waals surface area contributed by atoms with E-state index in [0.29, 0.717) is 12.4 Å². The molecular weight excluding hydrogens is 557 g/mol. The molecule has 2 amide bonds. The number of amides is 2. The van der Waals surface area contributed by atoms with Crippen LogP contribution in [0.1, 0.15) is 31.2 Å². The van der Waals surface area contributed by atoms with Gasteiger partial charge in [-0.2, -0.15) is 18.0 Å². The van der Waals surface area contributed by atoms with Crippen LogP contribution in [0.2, 0.25) is 0 Å². The van der Waals surface area contributed by atoms with Crippen LogP contribution < -0.4 is 16.4 Å². The molecule has 2 aromatic heterocycles. The molecule has 0 radical (unpaired) electrons. The molecule has 0 saturated heterocycles. The van der Waals surface area contributed by atoms with Crippen molar-refractivity contribution in [2.45, 2.75) is 49.5 Å². The van der Waals surface area contributed by atoms with E-state index in [1.807, 2.05) is 36.4 Å². The highest BCUT2D eigenvalue weighted by atomic mass is 19.4. The third-order valence-corrected chi connectivity index (χ3v) is 7.11. The molecule has 5 N–H and O–H groups in total. The molecule has 2 aromatic carbocycles. The van der Waals surface area contributed by atoms with Crippen molar-refractivity contribution >= 4 is 28.7 Å². The van der Waals surface area contributed by atoms with Crippen molar-refractivity contribution in [3.63, 3.8) is 0 Å². The number of halogens is 3. The molecule has 0 bridgehead atoms. The Balaban J connectivity index is 0.000000229. The highest BCUT2D eigenvalue weighted by Crippen LogP contribution is 2.36. The van der Waals surface area contributed by atoms with E-state index in [2.05, 4.69) is 43.5 Å². The van der Waals surface area contributed by atoms with Crippen LogP contribution >= 0.6 is 0 Å². The van der Waals surface area contributed by atoms with E-state index in [0.717, 1.165) is 40.7 Å². The van der Waals surface area contributed by atoms with Gasteiger partial charge in [-0.05, 0) is 60.7 Å². The van der Waals surface area contributed by atoms with Crippen molar-refractivity contribution < 1.29 is 32.7 Å². The molecular formula is C27H27F3N8O4. The number of rotatable bonds is 7. The predicted molar refractivity (Wildman–Crippen MR) is 143 cm³/mol. The van der Waals surface area contributed by atoms with Gasteiger partial charge < -0.3 is 26.0 Å². The van der Waals surface area contributed by atoms with Crippen LogP contribution in [-0.4, -0.2) is 64.9 Å². The van der Waals surface area contributed by atoms with Gasteiger partial charge in [0.25, 0.3) is 0 Å². The van der Waals surface area contributed by atoms with Crippen LogP contribution in [0.5, 0.6) is 0 Å². The third kappa shape index (κ3) is 5.95. The highest BCUT2D eigenvalue weighted by Gasteiger charge is 2.55. The van der Waals surface area contributed by atoms with E-state index in [1.54, 1.807) is 7.05 Å². The molecule has 6 rings (SSSR count). The maximum absolute atomic E-state index is 12.0. The number of aryl methyl sites for hydroxylation is 1. The van der Waals surface area contributed by atoms with E-state index in [1.165, 1.54) is 10.1 Å². The first-order chi connectivity index (χ1) is 19.8. The molecule has 0 spiro atoms. The summed E-state index contributed by atoms with van der Waals surface area (Å²) < 4.78 is 37.1. The summed E-state index contributed by atoms with van der Waals surface area (Å²) in [5.41, 5.74) is 7.55. The zero-order valence-electron chi connectivity index (χ0n) is 22.4. The van der Waals surface area contributed by atoms with Crippen LogP contribution in [0.15, 0.2) is 54.6 Å². The number of fused-ring (bicyclic) bond motifs is 1. The first-order valence-corrected chi connectivity index (χ1v) is 13.0. The minimum absolute atomic E-state index is 0.0458. The SMILES string of the molecule is Cn1nnc(-c2cc3ccccc3n2-c2ccc(CNC(=O)C3(N)CC3)cc2)n1.O=C(NC1(C(=O)O)CC1)C(F)(F)F. The van der Waals surface area contributed by atoms with Crippen molar-refractivity contribution in [1.29, 1.82) is 0 Å². The van der Waals surface area contributed by atoms with Crippen molar-refractivity contribution in [2.24, 2.45) is 12.8 Å². The number of hydrogen-bond donors (Lipinski definition) is 4. The summed E-state index contributed by atoms with van der Waals surface area (Å²) in [7, 11) is 1.75. The number of tetrazole rings is 1. The van der Waals surface area contributed by atoms with E-state index >= 15 is 0 Å². The molecule has 12 nitrogen and oxygen atoms in total. The number of aliphatic carboxylic acids is 1. The van der Waals surface area contributed by atoms with Gasteiger partial charge in [-0.15, -0.1) is 10.2 Å². The lowest BCUT2D eigenvalue weighted by Crippen LogP contribution is -2.48. The molecule has 220 valence electrons. The molecule has 4 aromatic rings. The minimum atomic E-state index is -5.02.